The SMILES string of the molecule is Nc1cccc([N+](=O)[O-])c1N1CC(S)CC1=O. The number of anilines is 2. The summed E-state index contributed by atoms with van der Waals surface area (Å²) in [6.45, 7) is 0.344. The number of benzene rings is 1. The third-order valence-corrected chi connectivity index (χ3v) is 2.96. The number of nitrogen functional groups attached to an aromatic ring is 1. The van der Waals surface area contributed by atoms with Crippen LogP contribution >= 0.6 is 12.6 Å². The van der Waals surface area contributed by atoms with E-state index < -0.39 is 4.92 Å². The highest BCUT2D eigenvalue weighted by Gasteiger charge is 2.33. The summed E-state index contributed by atoms with van der Waals surface area (Å²) in [7, 11) is 0. The molecule has 2 N–H and O–H groups in total. The summed E-state index contributed by atoms with van der Waals surface area (Å²) in [4.78, 5) is 23.4. The van der Waals surface area contributed by atoms with Gasteiger partial charge in [0.05, 0.1) is 10.6 Å². The Morgan fingerprint density at radius 1 is 1.53 bits per heavy atom. The zero-order valence-electron chi connectivity index (χ0n) is 8.87. The van der Waals surface area contributed by atoms with E-state index in [0.29, 0.717) is 6.54 Å². The first-order valence-electron chi connectivity index (χ1n) is 5.02. The standard InChI is InChI=1S/C10H11N3O3S/c11-7-2-1-3-8(13(15)16)10(7)12-5-6(17)4-9(12)14/h1-3,6,17H,4-5,11H2. The maximum atomic E-state index is 11.7. The number of thiol groups is 1. The maximum Gasteiger partial charge on any atom is 0.295 e. The Hall–Kier alpha value is -1.76. The van der Waals surface area contributed by atoms with Crippen molar-refractivity contribution < 1.29 is 9.72 Å². The number of hydrogen-bond donors (Lipinski definition) is 2. The minimum Gasteiger partial charge on any atom is -0.397 e. The molecule has 1 heterocycles. The van der Waals surface area contributed by atoms with E-state index in [1.807, 2.05) is 0 Å². The first-order chi connectivity index (χ1) is 8.00. The molecule has 90 valence electrons. The van der Waals surface area contributed by atoms with E-state index in [-0.39, 0.29) is 34.6 Å². The highest BCUT2D eigenvalue weighted by molar-refractivity contribution is 7.81. The van der Waals surface area contributed by atoms with Gasteiger partial charge in [-0.25, -0.2) is 0 Å². The summed E-state index contributed by atoms with van der Waals surface area (Å²) in [5.74, 6) is -0.189. The molecule has 1 aromatic carbocycles. The fourth-order valence-corrected chi connectivity index (χ4v) is 2.21. The van der Waals surface area contributed by atoms with E-state index in [2.05, 4.69) is 12.6 Å². The fourth-order valence-electron chi connectivity index (χ4n) is 1.89. The van der Waals surface area contributed by atoms with Crippen molar-refractivity contribution in [1.29, 1.82) is 0 Å². The largest absolute Gasteiger partial charge is 0.397 e. The lowest BCUT2D eigenvalue weighted by molar-refractivity contribution is -0.384. The van der Waals surface area contributed by atoms with Gasteiger partial charge in [0, 0.05) is 24.3 Å². The van der Waals surface area contributed by atoms with Gasteiger partial charge in [-0.3, -0.25) is 14.9 Å². The van der Waals surface area contributed by atoms with E-state index in [4.69, 9.17) is 5.73 Å². The lowest BCUT2D eigenvalue weighted by atomic mass is 10.2. The van der Waals surface area contributed by atoms with Gasteiger partial charge in [0.25, 0.3) is 5.69 Å². The van der Waals surface area contributed by atoms with Crippen LogP contribution in [0.5, 0.6) is 0 Å². The number of rotatable bonds is 2. The van der Waals surface area contributed by atoms with Gasteiger partial charge in [0.15, 0.2) is 0 Å². The Labute approximate surface area is 103 Å². The van der Waals surface area contributed by atoms with Crippen molar-refractivity contribution in [2.45, 2.75) is 11.7 Å². The molecule has 17 heavy (non-hydrogen) atoms. The van der Waals surface area contributed by atoms with Crippen LogP contribution < -0.4 is 10.6 Å². The van der Waals surface area contributed by atoms with E-state index in [1.165, 1.54) is 17.0 Å². The number of nitrogens with two attached hydrogens (primary N) is 1. The van der Waals surface area contributed by atoms with Crippen LogP contribution in [0.2, 0.25) is 0 Å². The number of nitrogens with zero attached hydrogens (tertiary/aromatic N) is 2. The first-order valence-corrected chi connectivity index (χ1v) is 5.53. The van der Waals surface area contributed by atoms with E-state index >= 15 is 0 Å². The Balaban J connectivity index is 2.51. The molecule has 1 fully saturated rings. The molecule has 1 atom stereocenters. The molecular weight excluding hydrogens is 242 g/mol. The lowest BCUT2D eigenvalue weighted by Crippen LogP contribution is -2.26. The van der Waals surface area contributed by atoms with Gasteiger partial charge in [0.1, 0.15) is 5.69 Å². The molecule has 1 aliphatic heterocycles. The van der Waals surface area contributed by atoms with Crippen molar-refractivity contribution in [3.8, 4) is 0 Å². The van der Waals surface area contributed by atoms with Crippen LogP contribution in [0.4, 0.5) is 17.1 Å². The third kappa shape index (κ3) is 2.05. The van der Waals surface area contributed by atoms with Gasteiger partial charge >= 0.3 is 0 Å². The molecule has 0 bridgehead atoms. The van der Waals surface area contributed by atoms with Crippen LogP contribution in [0.15, 0.2) is 18.2 Å². The summed E-state index contributed by atoms with van der Waals surface area (Å²) in [5, 5.41) is 10.8. The van der Waals surface area contributed by atoms with E-state index in [0.717, 1.165) is 0 Å². The number of carbonyl (C=O) groups excluding carboxylic acids is 1. The normalized spacial score (nSPS) is 19.7. The molecule has 0 aliphatic carbocycles. The minimum atomic E-state index is -0.537. The average molecular weight is 253 g/mol. The summed E-state index contributed by atoms with van der Waals surface area (Å²) in [5.41, 5.74) is 5.98. The monoisotopic (exact) mass is 253 g/mol. The van der Waals surface area contributed by atoms with Gasteiger partial charge < -0.3 is 10.6 Å². The van der Waals surface area contributed by atoms with Gasteiger partial charge in [0.2, 0.25) is 5.91 Å². The van der Waals surface area contributed by atoms with E-state index in [1.54, 1.807) is 6.07 Å². The van der Waals surface area contributed by atoms with Crippen LogP contribution in [-0.2, 0) is 4.79 Å². The summed E-state index contributed by atoms with van der Waals surface area (Å²) in [6.07, 6.45) is 0.272. The summed E-state index contributed by atoms with van der Waals surface area (Å²) >= 11 is 4.21. The molecule has 7 heteroatoms. The quantitative estimate of drug-likeness (QED) is 0.359. The predicted octanol–water partition coefficient (Wildman–Crippen LogP) is 1.21. The molecule has 0 saturated carbocycles. The molecule has 2 rings (SSSR count). The number of nitro groups is 1. The van der Waals surface area contributed by atoms with E-state index in [9.17, 15) is 14.9 Å². The Bertz CT molecular complexity index is 492. The zero-order chi connectivity index (χ0) is 12.6. The minimum absolute atomic E-state index is 0.110. The lowest BCUT2D eigenvalue weighted by Gasteiger charge is -2.17. The second-order valence-corrected chi connectivity index (χ2v) is 4.56. The molecule has 0 aromatic heterocycles. The number of para-hydroxylation sites is 1. The van der Waals surface area contributed by atoms with Crippen LogP contribution in [0, 0.1) is 10.1 Å². The Morgan fingerprint density at radius 2 is 2.24 bits per heavy atom. The van der Waals surface area contributed by atoms with Crippen molar-refractivity contribution in [2.75, 3.05) is 17.2 Å². The Morgan fingerprint density at radius 3 is 2.76 bits per heavy atom. The van der Waals surface area contributed by atoms with Crippen molar-refractivity contribution in [2.24, 2.45) is 0 Å². The van der Waals surface area contributed by atoms with Gasteiger partial charge in [-0.1, -0.05) is 6.07 Å². The van der Waals surface area contributed by atoms with Crippen molar-refractivity contribution in [3.63, 3.8) is 0 Å². The van der Waals surface area contributed by atoms with Crippen LogP contribution in [0.1, 0.15) is 6.42 Å². The molecule has 1 amide bonds. The highest BCUT2D eigenvalue weighted by atomic mass is 32.1. The van der Waals surface area contributed by atoms with Crippen LogP contribution in [0.3, 0.4) is 0 Å². The second-order valence-electron chi connectivity index (χ2n) is 3.83. The molecule has 1 unspecified atom stereocenters. The zero-order valence-corrected chi connectivity index (χ0v) is 9.76. The Kier molecular flexibility index (Phi) is 2.93. The molecular formula is C10H11N3O3S. The first kappa shape index (κ1) is 11.7. The predicted molar refractivity (Wildman–Crippen MR) is 67.3 cm³/mol. The number of nitro benzene ring substituents is 1. The molecule has 0 radical (unpaired) electrons. The highest BCUT2D eigenvalue weighted by Crippen LogP contribution is 2.36. The third-order valence-electron chi connectivity index (χ3n) is 2.62. The van der Waals surface area contributed by atoms with Crippen molar-refractivity contribution >= 4 is 35.6 Å². The van der Waals surface area contributed by atoms with Crippen LogP contribution in [0.25, 0.3) is 0 Å². The van der Waals surface area contributed by atoms with Gasteiger partial charge in [-0.2, -0.15) is 12.6 Å². The topological polar surface area (TPSA) is 89.5 Å². The average Bonchev–Trinajstić information content (AvgIpc) is 2.57. The molecule has 1 aromatic rings. The summed E-state index contributed by atoms with van der Waals surface area (Å²) in [6, 6.07) is 4.38. The maximum absolute atomic E-state index is 11.7. The molecule has 1 saturated heterocycles. The molecule has 6 nitrogen and oxygen atoms in total. The fraction of sp³-hybridized carbons (Fsp3) is 0.300. The number of hydrogen-bond acceptors (Lipinski definition) is 5. The van der Waals surface area contributed by atoms with Crippen molar-refractivity contribution in [3.05, 3.63) is 28.3 Å². The smallest absolute Gasteiger partial charge is 0.295 e. The van der Waals surface area contributed by atoms with Gasteiger partial charge in [-0.15, -0.1) is 0 Å². The number of carbonyl (C=O) groups is 1. The van der Waals surface area contributed by atoms with Gasteiger partial charge in [-0.05, 0) is 6.07 Å². The molecule has 1 aliphatic rings. The summed E-state index contributed by atoms with van der Waals surface area (Å²) < 4.78 is 0. The second kappa shape index (κ2) is 4.25. The number of amides is 1. The van der Waals surface area contributed by atoms with Crippen LogP contribution in [-0.4, -0.2) is 22.6 Å². The molecule has 0 spiro atoms. The van der Waals surface area contributed by atoms with Crippen molar-refractivity contribution in [1.82, 2.24) is 0 Å².